The number of carbonyl (C=O) groups excluding carboxylic acids is 1. The number of hydrogen-bond donors (Lipinski definition) is 2. The van der Waals surface area contributed by atoms with Gasteiger partial charge in [-0.2, -0.15) is 0 Å². The van der Waals surface area contributed by atoms with Crippen LogP contribution in [0.5, 0.6) is 0 Å². The summed E-state index contributed by atoms with van der Waals surface area (Å²) in [5.41, 5.74) is 2.41. The normalized spacial score (nSPS) is 25.1. The van der Waals surface area contributed by atoms with Gasteiger partial charge < -0.3 is 15.3 Å². The summed E-state index contributed by atoms with van der Waals surface area (Å²) in [6, 6.07) is 8.25. The van der Waals surface area contributed by atoms with Crippen LogP contribution in [0.15, 0.2) is 24.3 Å². The van der Waals surface area contributed by atoms with Crippen molar-refractivity contribution in [3.05, 3.63) is 29.8 Å². The molecule has 4 nitrogen and oxygen atoms in total. The Morgan fingerprint density at radius 2 is 2.14 bits per heavy atom. The van der Waals surface area contributed by atoms with E-state index in [1.54, 1.807) is 0 Å². The van der Waals surface area contributed by atoms with Gasteiger partial charge in [-0.15, -0.1) is 0 Å². The molecule has 1 aromatic carbocycles. The van der Waals surface area contributed by atoms with Crippen molar-refractivity contribution in [2.24, 2.45) is 0 Å². The van der Waals surface area contributed by atoms with Crippen molar-refractivity contribution >= 4 is 11.6 Å². The number of rotatable bonds is 3. The molecule has 1 amide bonds. The molecule has 0 radical (unpaired) electrons. The zero-order valence-electron chi connectivity index (χ0n) is 12.4. The summed E-state index contributed by atoms with van der Waals surface area (Å²) in [7, 11) is 0. The van der Waals surface area contributed by atoms with Gasteiger partial charge in [0.1, 0.15) is 0 Å². The summed E-state index contributed by atoms with van der Waals surface area (Å²) in [5, 5.41) is 12.9. The Morgan fingerprint density at radius 1 is 1.29 bits per heavy atom. The summed E-state index contributed by atoms with van der Waals surface area (Å²) in [5.74, 6) is 0.454. The number of fused-ring (bicyclic) bond motifs is 1. The maximum absolute atomic E-state index is 12.7. The van der Waals surface area contributed by atoms with E-state index in [2.05, 4.69) is 17.4 Å². The molecule has 2 atom stereocenters. The van der Waals surface area contributed by atoms with Gasteiger partial charge in [-0.1, -0.05) is 31.0 Å². The van der Waals surface area contributed by atoms with Crippen molar-refractivity contribution in [1.29, 1.82) is 0 Å². The fourth-order valence-corrected chi connectivity index (χ4v) is 3.56. The first-order valence-corrected chi connectivity index (χ1v) is 8.02. The summed E-state index contributed by atoms with van der Waals surface area (Å²) in [4.78, 5) is 14.6. The van der Waals surface area contributed by atoms with Crippen LogP contribution in [0.25, 0.3) is 0 Å². The van der Waals surface area contributed by atoms with Gasteiger partial charge in [0.25, 0.3) is 0 Å². The molecule has 0 saturated carbocycles. The number of nitrogens with one attached hydrogen (secondary N) is 1. The second-order valence-corrected chi connectivity index (χ2v) is 6.14. The van der Waals surface area contributed by atoms with Crippen LogP contribution in [0.3, 0.4) is 0 Å². The molecule has 2 aliphatic rings. The highest BCUT2D eigenvalue weighted by Gasteiger charge is 2.29. The van der Waals surface area contributed by atoms with Gasteiger partial charge in [-0.05, 0) is 24.5 Å². The van der Waals surface area contributed by atoms with Crippen LogP contribution < -0.4 is 5.32 Å². The molecule has 0 bridgehead atoms. The van der Waals surface area contributed by atoms with E-state index in [1.165, 1.54) is 5.56 Å². The number of aliphatic hydroxyl groups excluding tert-OH is 1. The molecule has 21 heavy (non-hydrogen) atoms. The fourth-order valence-electron chi connectivity index (χ4n) is 3.56. The average molecular weight is 288 g/mol. The molecule has 1 saturated heterocycles. The molecular weight excluding hydrogens is 264 g/mol. The Bertz CT molecular complexity index is 503. The molecule has 1 aromatic rings. The number of aliphatic hydroxyl groups is 1. The van der Waals surface area contributed by atoms with Crippen molar-refractivity contribution < 1.29 is 9.90 Å². The van der Waals surface area contributed by atoms with Crippen LogP contribution >= 0.6 is 0 Å². The van der Waals surface area contributed by atoms with E-state index in [0.717, 1.165) is 44.5 Å². The zero-order chi connectivity index (χ0) is 14.7. The molecular formula is C17H24N2O2. The smallest absolute Gasteiger partial charge is 0.223 e. The van der Waals surface area contributed by atoms with Crippen LogP contribution in [-0.2, 0) is 4.79 Å². The lowest BCUT2D eigenvalue weighted by molar-refractivity contribution is -0.134. The molecule has 114 valence electrons. The first kappa shape index (κ1) is 14.4. The highest BCUT2D eigenvalue weighted by molar-refractivity contribution is 5.78. The minimum Gasteiger partial charge on any atom is -0.394 e. The van der Waals surface area contributed by atoms with E-state index in [-0.39, 0.29) is 24.5 Å². The maximum atomic E-state index is 12.7. The fraction of sp³-hybridized carbons (Fsp3) is 0.588. The number of amides is 1. The van der Waals surface area contributed by atoms with Crippen LogP contribution in [0.1, 0.15) is 43.6 Å². The van der Waals surface area contributed by atoms with Crippen LogP contribution in [0.2, 0.25) is 0 Å². The number of carbonyl (C=O) groups is 1. The zero-order valence-corrected chi connectivity index (χ0v) is 12.4. The van der Waals surface area contributed by atoms with Crippen molar-refractivity contribution in [3.8, 4) is 0 Å². The van der Waals surface area contributed by atoms with Crippen LogP contribution in [0.4, 0.5) is 5.69 Å². The van der Waals surface area contributed by atoms with Gasteiger partial charge >= 0.3 is 0 Å². The Hall–Kier alpha value is -1.55. The van der Waals surface area contributed by atoms with Crippen molar-refractivity contribution in [2.75, 3.05) is 25.0 Å². The molecule has 2 aliphatic heterocycles. The number of likely N-dealkylation sites (tertiary alicyclic amines) is 1. The molecule has 2 unspecified atom stereocenters. The quantitative estimate of drug-likeness (QED) is 0.897. The minimum atomic E-state index is 0.0182. The highest BCUT2D eigenvalue weighted by Crippen LogP contribution is 2.34. The number of anilines is 1. The van der Waals surface area contributed by atoms with Crippen molar-refractivity contribution in [3.63, 3.8) is 0 Å². The van der Waals surface area contributed by atoms with Gasteiger partial charge in [-0.3, -0.25) is 4.79 Å². The second-order valence-electron chi connectivity index (χ2n) is 6.14. The Labute approximate surface area is 126 Å². The van der Waals surface area contributed by atoms with Crippen molar-refractivity contribution in [1.82, 2.24) is 4.90 Å². The molecule has 0 aliphatic carbocycles. The second kappa shape index (κ2) is 6.48. The number of nitrogens with zero attached hydrogens (tertiary/aromatic N) is 1. The molecule has 2 heterocycles. The van der Waals surface area contributed by atoms with E-state index in [0.29, 0.717) is 6.42 Å². The van der Waals surface area contributed by atoms with Crippen LogP contribution in [-0.4, -0.2) is 41.7 Å². The summed E-state index contributed by atoms with van der Waals surface area (Å²) in [6.45, 7) is 1.72. The highest BCUT2D eigenvalue weighted by atomic mass is 16.3. The van der Waals surface area contributed by atoms with Gasteiger partial charge in [-0.25, -0.2) is 0 Å². The number of benzene rings is 1. The van der Waals surface area contributed by atoms with Crippen LogP contribution in [0, 0.1) is 0 Å². The molecule has 0 aromatic heterocycles. The summed E-state index contributed by atoms with van der Waals surface area (Å²) < 4.78 is 0. The lowest BCUT2D eigenvalue weighted by atomic mass is 9.97. The van der Waals surface area contributed by atoms with Gasteiger partial charge in [0, 0.05) is 31.1 Å². The predicted molar refractivity (Wildman–Crippen MR) is 83.3 cm³/mol. The topological polar surface area (TPSA) is 52.6 Å². The first-order valence-electron chi connectivity index (χ1n) is 8.02. The molecule has 2 N–H and O–H groups in total. The first-order chi connectivity index (χ1) is 10.3. The third-order valence-electron chi connectivity index (χ3n) is 4.77. The third kappa shape index (κ3) is 3.05. The largest absolute Gasteiger partial charge is 0.394 e. The summed E-state index contributed by atoms with van der Waals surface area (Å²) in [6.07, 6.45) is 4.81. The molecule has 4 heteroatoms. The van der Waals surface area contributed by atoms with E-state index in [1.807, 2.05) is 17.0 Å². The van der Waals surface area contributed by atoms with Gasteiger partial charge in [0.05, 0.1) is 12.6 Å². The van der Waals surface area contributed by atoms with E-state index in [9.17, 15) is 9.90 Å². The standard InChI is InChI=1S/C17H24N2O2/c20-12-14-6-2-1-5-9-19(14)17(21)10-13-11-18-16-8-4-3-7-15(13)16/h3-4,7-8,13-14,18,20H,1-2,5-6,9-12H2. The van der Waals surface area contributed by atoms with Crippen molar-refractivity contribution in [2.45, 2.75) is 44.1 Å². The van der Waals surface area contributed by atoms with E-state index in [4.69, 9.17) is 0 Å². The Balaban J connectivity index is 1.68. The SMILES string of the molecule is O=C(CC1CNc2ccccc21)N1CCCCCC1CO. The maximum Gasteiger partial charge on any atom is 0.223 e. The average Bonchev–Trinajstić information content (AvgIpc) is 2.76. The number of hydrogen-bond acceptors (Lipinski definition) is 3. The summed E-state index contributed by atoms with van der Waals surface area (Å²) >= 11 is 0. The van der Waals surface area contributed by atoms with Gasteiger partial charge in [0.2, 0.25) is 5.91 Å². The predicted octanol–water partition coefficient (Wildman–Crippen LogP) is 2.35. The minimum absolute atomic E-state index is 0.0182. The van der Waals surface area contributed by atoms with E-state index >= 15 is 0 Å². The molecule has 1 fully saturated rings. The molecule has 0 spiro atoms. The molecule has 3 rings (SSSR count). The lowest BCUT2D eigenvalue weighted by Crippen LogP contribution is -2.42. The number of para-hydroxylation sites is 1. The van der Waals surface area contributed by atoms with E-state index < -0.39 is 0 Å². The lowest BCUT2D eigenvalue weighted by Gasteiger charge is -2.29. The third-order valence-corrected chi connectivity index (χ3v) is 4.77. The van der Waals surface area contributed by atoms with Gasteiger partial charge in [0.15, 0.2) is 0 Å². The monoisotopic (exact) mass is 288 g/mol. The Kier molecular flexibility index (Phi) is 4.44. The Morgan fingerprint density at radius 3 is 3.00 bits per heavy atom.